The average Bonchev–Trinajstić information content (AvgIpc) is 2.48. The minimum absolute atomic E-state index is 0.249. The quantitative estimate of drug-likeness (QED) is 0.767. The molecule has 3 heteroatoms. The van der Waals surface area contributed by atoms with Gasteiger partial charge >= 0.3 is 5.97 Å². The molecular formula is C18H23ClO2. The van der Waals surface area contributed by atoms with Gasteiger partial charge in [0.15, 0.2) is 0 Å². The number of halogens is 1. The number of hydrogen-bond acceptors (Lipinski definition) is 1. The maximum atomic E-state index is 11.2. The molecule has 1 aromatic rings. The summed E-state index contributed by atoms with van der Waals surface area (Å²) in [4.78, 5) is 11.2. The zero-order chi connectivity index (χ0) is 15.2. The summed E-state index contributed by atoms with van der Waals surface area (Å²) in [5, 5.41) is 9.97. The van der Waals surface area contributed by atoms with Crippen LogP contribution in [0.25, 0.3) is 0 Å². The molecule has 0 aliphatic heterocycles. The molecule has 0 radical (unpaired) electrons. The second-order valence-electron chi connectivity index (χ2n) is 5.93. The Morgan fingerprint density at radius 3 is 2.38 bits per heavy atom. The predicted molar refractivity (Wildman–Crippen MR) is 86.6 cm³/mol. The number of carboxylic acid groups (broad SMARTS) is 1. The first-order valence-electron chi connectivity index (χ1n) is 7.74. The van der Waals surface area contributed by atoms with Crippen LogP contribution in [0.2, 0.25) is 5.02 Å². The molecule has 1 aliphatic carbocycles. The zero-order valence-corrected chi connectivity index (χ0v) is 13.3. The molecule has 0 aromatic heterocycles. The van der Waals surface area contributed by atoms with Crippen molar-refractivity contribution in [1.29, 1.82) is 0 Å². The van der Waals surface area contributed by atoms with Gasteiger partial charge in [-0.15, -0.1) is 0 Å². The highest BCUT2D eigenvalue weighted by Crippen LogP contribution is 2.35. The zero-order valence-electron chi connectivity index (χ0n) is 12.5. The molecule has 2 rings (SSSR count). The second-order valence-corrected chi connectivity index (χ2v) is 6.37. The van der Waals surface area contributed by atoms with Crippen LogP contribution in [0.3, 0.4) is 0 Å². The number of allylic oxidation sites excluding steroid dienone is 1. The van der Waals surface area contributed by atoms with Gasteiger partial charge in [-0.2, -0.15) is 0 Å². The summed E-state index contributed by atoms with van der Waals surface area (Å²) in [5.74, 6) is 0.227. The third-order valence-corrected chi connectivity index (χ3v) is 4.85. The summed E-state index contributed by atoms with van der Waals surface area (Å²) in [6.07, 6.45) is 8.34. The van der Waals surface area contributed by atoms with Gasteiger partial charge in [-0.1, -0.05) is 29.8 Å². The lowest BCUT2D eigenvalue weighted by Crippen LogP contribution is -2.20. The van der Waals surface area contributed by atoms with E-state index in [0.717, 1.165) is 43.0 Å². The minimum Gasteiger partial charge on any atom is -0.478 e. The number of hydrogen-bond donors (Lipinski definition) is 1. The molecular weight excluding hydrogens is 284 g/mol. The summed E-state index contributed by atoms with van der Waals surface area (Å²) in [6, 6.07) is 8.07. The molecule has 1 fully saturated rings. The summed E-state index contributed by atoms with van der Waals surface area (Å²) in [6.45, 7) is 1.83. The minimum atomic E-state index is -0.748. The van der Waals surface area contributed by atoms with Crippen molar-refractivity contribution in [2.24, 2.45) is 11.8 Å². The highest BCUT2D eigenvalue weighted by Gasteiger charge is 2.26. The van der Waals surface area contributed by atoms with E-state index in [9.17, 15) is 9.90 Å². The second kappa shape index (κ2) is 7.65. The molecule has 0 bridgehead atoms. The van der Waals surface area contributed by atoms with Crippen LogP contribution < -0.4 is 0 Å². The largest absolute Gasteiger partial charge is 0.478 e. The van der Waals surface area contributed by atoms with E-state index in [2.05, 4.69) is 12.1 Å². The fraction of sp³-hybridized carbons (Fsp3) is 0.500. The maximum Gasteiger partial charge on any atom is 0.331 e. The first kappa shape index (κ1) is 16.1. The Morgan fingerprint density at radius 1 is 1.24 bits per heavy atom. The van der Waals surface area contributed by atoms with Crippen molar-refractivity contribution in [3.8, 4) is 0 Å². The third kappa shape index (κ3) is 4.60. The molecule has 0 saturated heterocycles. The van der Waals surface area contributed by atoms with Gasteiger partial charge in [0.2, 0.25) is 0 Å². The van der Waals surface area contributed by atoms with E-state index in [0.29, 0.717) is 5.57 Å². The standard InChI is InChI=1S/C18H23ClO2/c1-2-17(18(20)21)15-9-5-13(6-10-15)3-4-14-7-11-16(19)12-8-14/h2,7-8,11-13,15H,3-6,9-10H2,1H3,(H,20,21)/t13-,15-. The molecule has 0 heterocycles. The van der Waals surface area contributed by atoms with Crippen LogP contribution in [-0.2, 0) is 11.2 Å². The number of rotatable bonds is 5. The normalized spacial score (nSPS) is 23.0. The highest BCUT2D eigenvalue weighted by molar-refractivity contribution is 6.30. The topological polar surface area (TPSA) is 37.3 Å². The van der Waals surface area contributed by atoms with E-state index in [4.69, 9.17) is 11.6 Å². The van der Waals surface area contributed by atoms with E-state index >= 15 is 0 Å². The molecule has 1 aromatic carbocycles. The van der Waals surface area contributed by atoms with Gasteiger partial charge in [-0.05, 0) is 75.0 Å². The van der Waals surface area contributed by atoms with Gasteiger partial charge in [-0.3, -0.25) is 0 Å². The number of aryl methyl sites for hydroxylation is 1. The summed E-state index contributed by atoms with van der Waals surface area (Å²) < 4.78 is 0. The van der Waals surface area contributed by atoms with Crippen molar-refractivity contribution in [3.63, 3.8) is 0 Å². The smallest absolute Gasteiger partial charge is 0.331 e. The third-order valence-electron chi connectivity index (χ3n) is 4.60. The Hall–Kier alpha value is -1.28. The highest BCUT2D eigenvalue weighted by atomic mass is 35.5. The molecule has 0 spiro atoms. The van der Waals surface area contributed by atoms with Crippen molar-refractivity contribution in [2.75, 3.05) is 0 Å². The van der Waals surface area contributed by atoms with Gasteiger partial charge < -0.3 is 5.11 Å². The fourth-order valence-corrected chi connectivity index (χ4v) is 3.44. The Morgan fingerprint density at radius 2 is 1.86 bits per heavy atom. The van der Waals surface area contributed by atoms with Gasteiger partial charge in [0.25, 0.3) is 0 Å². The van der Waals surface area contributed by atoms with Crippen molar-refractivity contribution in [2.45, 2.75) is 45.4 Å². The van der Waals surface area contributed by atoms with Gasteiger partial charge in [0.05, 0.1) is 0 Å². The summed E-state index contributed by atoms with van der Waals surface area (Å²) >= 11 is 5.89. The SMILES string of the molecule is CC=C(C(=O)O)[C@H]1CC[C@H](CCc2ccc(Cl)cc2)CC1. The molecule has 1 N–H and O–H groups in total. The monoisotopic (exact) mass is 306 g/mol. The fourth-order valence-electron chi connectivity index (χ4n) is 3.32. The van der Waals surface area contributed by atoms with Crippen LogP contribution in [0.1, 0.15) is 44.6 Å². The summed E-state index contributed by atoms with van der Waals surface area (Å²) in [5.41, 5.74) is 1.94. The molecule has 0 unspecified atom stereocenters. The Balaban J connectivity index is 1.79. The first-order valence-corrected chi connectivity index (χ1v) is 8.12. The number of aliphatic carboxylic acids is 1. The number of carboxylic acids is 1. The van der Waals surface area contributed by atoms with Crippen LogP contribution in [-0.4, -0.2) is 11.1 Å². The van der Waals surface area contributed by atoms with Crippen molar-refractivity contribution >= 4 is 17.6 Å². The molecule has 1 saturated carbocycles. The lowest BCUT2D eigenvalue weighted by atomic mass is 9.76. The van der Waals surface area contributed by atoms with Gasteiger partial charge in [0, 0.05) is 10.6 Å². The van der Waals surface area contributed by atoms with Crippen LogP contribution >= 0.6 is 11.6 Å². The van der Waals surface area contributed by atoms with Crippen LogP contribution in [0, 0.1) is 11.8 Å². The van der Waals surface area contributed by atoms with E-state index in [-0.39, 0.29) is 5.92 Å². The first-order chi connectivity index (χ1) is 10.1. The number of benzene rings is 1. The molecule has 2 nitrogen and oxygen atoms in total. The van der Waals surface area contributed by atoms with Crippen LogP contribution in [0.5, 0.6) is 0 Å². The Kier molecular flexibility index (Phi) is 5.86. The molecule has 1 aliphatic rings. The van der Waals surface area contributed by atoms with Crippen molar-refractivity contribution in [1.82, 2.24) is 0 Å². The Labute approximate surface area is 131 Å². The van der Waals surface area contributed by atoms with E-state index in [1.165, 1.54) is 12.0 Å². The Bertz CT molecular complexity index is 496. The van der Waals surface area contributed by atoms with Crippen molar-refractivity contribution < 1.29 is 9.90 Å². The maximum absolute atomic E-state index is 11.2. The van der Waals surface area contributed by atoms with Crippen molar-refractivity contribution in [3.05, 3.63) is 46.5 Å². The molecule has 114 valence electrons. The lowest BCUT2D eigenvalue weighted by Gasteiger charge is -2.29. The molecule has 21 heavy (non-hydrogen) atoms. The number of carbonyl (C=O) groups is 1. The molecule has 0 amide bonds. The molecule has 0 atom stereocenters. The summed E-state index contributed by atoms with van der Waals surface area (Å²) in [7, 11) is 0. The van der Waals surface area contributed by atoms with E-state index in [1.54, 1.807) is 6.08 Å². The predicted octanol–water partition coefficient (Wildman–Crippen LogP) is 5.11. The van der Waals surface area contributed by atoms with E-state index < -0.39 is 5.97 Å². The van der Waals surface area contributed by atoms with Gasteiger partial charge in [0.1, 0.15) is 0 Å². The average molecular weight is 307 g/mol. The lowest BCUT2D eigenvalue weighted by molar-refractivity contribution is -0.133. The van der Waals surface area contributed by atoms with E-state index in [1.807, 2.05) is 19.1 Å². The van der Waals surface area contributed by atoms with Crippen LogP contribution in [0.15, 0.2) is 35.9 Å². The van der Waals surface area contributed by atoms with Gasteiger partial charge in [-0.25, -0.2) is 4.79 Å². The van der Waals surface area contributed by atoms with Crippen LogP contribution in [0.4, 0.5) is 0 Å².